The molecular formula is C21H31IN4O2S. The minimum absolute atomic E-state index is 0. The molecule has 0 atom stereocenters. The molecule has 0 saturated carbocycles. The Labute approximate surface area is 191 Å². The summed E-state index contributed by atoms with van der Waals surface area (Å²) in [5.41, 5.74) is 3.05. The fourth-order valence-corrected chi connectivity index (χ4v) is 3.52. The number of nitrogens with zero attached hydrogens (tertiary/aromatic N) is 1. The van der Waals surface area contributed by atoms with E-state index in [1.165, 1.54) is 12.6 Å². The molecule has 3 N–H and O–H groups in total. The summed E-state index contributed by atoms with van der Waals surface area (Å²) >= 11 is 0. The highest BCUT2D eigenvalue weighted by atomic mass is 127. The van der Waals surface area contributed by atoms with Crippen molar-refractivity contribution in [3.8, 4) is 0 Å². The van der Waals surface area contributed by atoms with Gasteiger partial charge in [0.05, 0.1) is 5.75 Å². The van der Waals surface area contributed by atoms with Crippen LogP contribution in [0.2, 0.25) is 0 Å². The maximum Gasteiger partial charge on any atom is 0.215 e. The third-order valence-electron chi connectivity index (χ3n) is 4.63. The quantitative estimate of drug-likeness (QED) is 0.279. The highest BCUT2D eigenvalue weighted by molar-refractivity contribution is 14.0. The number of aliphatic imine (C=N–C) groups is 1. The fraction of sp³-hybridized carbons (Fsp3) is 0.381. The van der Waals surface area contributed by atoms with Gasteiger partial charge in [-0.2, -0.15) is 0 Å². The summed E-state index contributed by atoms with van der Waals surface area (Å²) in [6.45, 7) is 5.74. The molecule has 0 aliphatic heterocycles. The highest BCUT2D eigenvalue weighted by Crippen LogP contribution is 2.21. The van der Waals surface area contributed by atoms with Crippen LogP contribution in [-0.4, -0.2) is 35.0 Å². The Kier molecular flexibility index (Phi) is 10.1. The van der Waals surface area contributed by atoms with Crippen LogP contribution in [0.15, 0.2) is 59.6 Å². The van der Waals surface area contributed by atoms with E-state index in [-0.39, 0.29) is 35.1 Å². The molecule has 0 heterocycles. The molecular weight excluding hydrogens is 499 g/mol. The Morgan fingerprint density at radius 3 is 2.10 bits per heavy atom. The van der Waals surface area contributed by atoms with Crippen LogP contribution < -0.4 is 15.4 Å². The molecule has 6 nitrogen and oxygen atoms in total. The standard InChI is InChI=1S/C21H30N4O2S.HI/c1-21(2,19-8-6-5-7-9-19)16-25-20(22-3)24-14-17-10-12-18(13-11-17)15-28(26,27)23-4;/h5-13,23H,14-16H2,1-4H3,(H2,22,24,25);1H. The Morgan fingerprint density at radius 1 is 0.966 bits per heavy atom. The van der Waals surface area contributed by atoms with E-state index in [1.807, 2.05) is 30.3 Å². The Morgan fingerprint density at radius 2 is 1.55 bits per heavy atom. The average molecular weight is 530 g/mol. The zero-order valence-electron chi connectivity index (χ0n) is 17.4. The molecule has 0 spiro atoms. The normalized spacial score (nSPS) is 12.2. The van der Waals surface area contributed by atoms with Gasteiger partial charge in [-0.3, -0.25) is 4.99 Å². The summed E-state index contributed by atoms with van der Waals surface area (Å²) < 4.78 is 25.6. The number of hydrogen-bond donors (Lipinski definition) is 3. The van der Waals surface area contributed by atoms with Crippen molar-refractivity contribution in [2.24, 2.45) is 4.99 Å². The van der Waals surface area contributed by atoms with Gasteiger partial charge in [0.15, 0.2) is 5.96 Å². The monoisotopic (exact) mass is 530 g/mol. The largest absolute Gasteiger partial charge is 0.356 e. The highest BCUT2D eigenvalue weighted by Gasteiger charge is 2.20. The zero-order chi connectivity index (χ0) is 20.6. The van der Waals surface area contributed by atoms with Crippen LogP contribution in [0.4, 0.5) is 0 Å². The summed E-state index contributed by atoms with van der Waals surface area (Å²) in [5, 5.41) is 6.68. The van der Waals surface area contributed by atoms with E-state index in [0.717, 1.165) is 23.6 Å². The van der Waals surface area contributed by atoms with E-state index in [2.05, 4.69) is 58.5 Å². The second-order valence-corrected chi connectivity index (χ2v) is 9.24. The molecule has 0 unspecified atom stereocenters. The van der Waals surface area contributed by atoms with E-state index in [1.54, 1.807) is 7.05 Å². The van der Waals surface area contributed by atoms with Crippen molar-refractivity contribution in [1.82, 2.24) is 15.4 Å². The van der Waals surface area contributed by atoms with Gasteiger partial charge in [0.1, 0.15) is 0 Å². The number of sulfonamides is 1. The molecule has 0 bridgehead atoms. The van der Waals surface area contributed by atoms with E-state index < -0.39 is 10.0 Å². The summed E-state index contributed by atoms with van der Waals surface area (Å²) in [4.78, 5) is 4.28. The van der Waals surface area contributed by atoms with Crippen molar-refractivity contribution in [3.05, 3.63) is 71.3 Å². The predicted octanol–water partition coefficient (Wildman–Crippen LogP) is 3.00. The number of halogens is 1. The van der Waals surface area contributed by atoms with Crippen LogP contribution in [0.25, 0.3) is 0 Å². The molecule has 0 fully saturated rings. The first-order valence-corrected chi connectivity index (χ1v) is 10.9. The lowest BCUT2D eigenvalue weighted by molar-refractivity contribution is 0.508. The second-order valence-electron chi connectivity index (χ2n) is 7.31. The topological polar surface area (TPSA) is 82.6 Å². The van der Waals surface area contributed by atoms with Crippen LogP contribution in [-0.2, 0) is 27.7 Å². The molecule has 0 saturated heterocycles. The van der Waals surface area contributed by atoms with Crippen LogP contribution in [0.5, 0.6) is 0 Å². The van der Waals surface area contributed by atoms with Gasteiger partial charge in [-0.25, -0.2) is 13.1 Å². The molecule has 0 amide bonds. The fourth-order valence-electron chi connectivity index (χ4n) is 2.75. The average Bonchev–Trinajstić information content (AvgIpc) is 2.70. The van der Waals surface area contributed by atoms with Gasteiger partial charge in [-0.05, 0) is 23.7 Å². The van der Waals surface area contributed by atoms with Gasteiger partial charge >= 0.3 is 0 Å². The summed E-state index contributed by atoms with van der Waals surface area (Å²) in [6.07, 6.45) is 0. The first-order valence-electron chi connectivity index (χ1n) is 9.25. The van der Waals surface area contributed by atoms with Gasteiger partial charge in [0, 0.05) is 25.6 Å². The van der Waals surface area contributed by atoms with Gasteiger partial charge in [-0.1, -0.05) is 68.4 Å². The predicted molar refractivity (Wildman–Crippen MR) is 131 cm³/mol. The Bertz CT molecular complexity index is 883. The number of guanidine groups is 1. The number of hydrogen-bond acceptors (Lipinski definition) is 3. The van der Waals surface area contributed by atoms with Crippen molar-refractivity contribution in [2.75, 3.05) is 20.6 Å². The molecule has 0 aromatic heterocycles. The lowest BCUT2D eigenvalue weighted by atomic mass is 9.85. The SMILES string of the molecule is CN=C(NCc1ccc(CS(=O)(=O)NC)cc1)NCC(C)(C)c1ccccc1.I. The Balaban J connectivity index is 0.00000420. The van der Waals surface area contributed by atoms with Crippen LogP contribution in [0.1, 0.15) is 30.5 Å². The Hall–Kier alpha value is -1.65. The van der Waals surface area contributed by atoms with Gasteiger partial charge in [0.25, 0.3) is 0 Å². The van der Waals surface area contributed by atoms with Gasteiger partial charge < -0.3 is 10.6 Å². The first-order chi connectivity index (χ1) is 13.3. The lowest BCUT2D eigenvalue weighted by Crippen LogP contribution is -2.43. The summed E-state index contributed by atoms with van der Waals surface area (Å²) in [7, 11) is -0.0856. The molecule has 0 radical (unpaired) electrons. The van der Waals surface area contributed by atoms with Crippen molar-refractivity contribution in [1.29, 1.82) is 0 Å². The second kappa shape index (κ2) is 11.5. The molecule has 160 valence electrons. The van der Waals surface area contributed by atoms with Crippen LogP contribution in [0, 0.1) is 0 Å². The molecule has 0 aliphatic rings. The van der Waals surface area contributed by atoms with Crippen molar-refractivity contribution < 1.29 is 8.42 Å². The van der Waals surface area contributed by atoms with Crippen molar-refractivity contribution >= 4 is 40.0 Å². The molecule has 8 heteroatoms. The molecule has 2 aromatic carbocycles. The van der Waals surface area contributed by atoms with E-state index in [0.29, 0.717) is 6.54 Å². The summed E-state index contributed by atoms with van der Waals surface area (Å²) in [5.74, 6) is 0.709. The molecule has 2 aromatic rings. The smallest absolute Gasteiger partial charge is 0.215 e. The van der Waals surface area contributed by atoms with Crippen molar-refractivity contribution in [2.45, 2.75) is 31.6 Å². The molecule has 2 rings (SSSR count). The van der Waals surface area contributed by atoms with Crippen LogP contribution >= 0.6 is 24.0 Å². The maximum absolute atomic E-state index is 11.6. The minimum atomic E-state index is -3.25. The first kappa shape index (κ1) is 25.4. The van der Waals surface area contributed by atoms with Gasteiger partial charge in [0.2, 0.25) is 10.0 Å². The maximum atomic E-state index is 11.6. The van der Waals surface area contributed by atoms with E-state index in [9.17, 15) is 8.42 Å². The van der Waals surface area contributed by atoms with E-state index >= 15 is 0 Å². The van der Waals surface area contributed by atoms with E-state index in [4.69, 9.17) is 0 Å². The number of benzene rings is 2. The zero-order valence-corrected chi connectivity index (χ0v) is 20.5. The molecule has 29 heavy (non-hydrogen) atoms. The van der Waals surface area contributed by atoms with Crippen molar-refractivity contribution in [3.63, 3.8) is 0 Å². The number of rotatable bonds is 8. The number of nitrogens with one attached hydrogen (secondary N) is 3. The minimum Gasteiger partial charge on any atom is -0.356 e. The third-order valence-corrected chi connectivity index (χ3v) is 5.96. The molecule has 0 aliphatic carbocycles. The van der Waals surface area contributed by atoms with Gasteiger partial charge in [-0.15, -0.1) is 24.0 Å². The summed E-state index contributed by atoms with van der Waals surface area (Å²) in [6, 6.07) is 17.9. The lowest BCUT2D eigenvalue weighted by Gasteiger charge is -2.26. The third kappa shape index (κ3) is 8.31. The van der Waals surface area contributed by atoms with Crippen LogP contribution in [0.3, 0.4) is 0 Å².